The van der Waals surface area contributed by atoms with Crippen LogP contribution >= 0.6 is 0 Å². The number of rotatable bonds is 7. The van der Waals surface area contributed by atoms with E-state index in [2.05, 4.69) is 25.6 Å². The molecule has 0 bridgehead atoms. The summed E-state index contributed by atoms with van der Waals surface area (Å²) in [5.74, 6) is -3.49. The van der Waals surface area contributed by atoms with Gasteiger partial charge in [0.15, 0.2) is 5.82 Å². The molecule has 5 N–H and O–H groups in total. The molecule has 13 heteroatoms. The fourth-order valence-electron chi connectivity index (χ4n) is 2.50. The Hall–Kier alpha value is -3.25. The van der Waals surface area contributed by atoms with Gasteiger partial charge in [-0.15, -0.1) is 10.2 Å². The molecule has 2 heterocycles. The molecule has 0 amide bonds. The van der Waals surface area contributed by atoms with E-state index < -0.39 is 24.0 Å². The number of pyridine rings is 1. The predicted molar refractivity (Wildman–Crippen MR) is 93.5 cm³/mol. The molecule has 0 saturated heterocycles. The topological polar surface area (TPSA) is 168 Å². The Morgan fingerprint density at radius 1 is 1.24 bits per heavy atom. The number of halogens is 3. The lowest BCUT2D eigenvalue weighted by Crippen LogP contribution is -2.26. The van der Waals surface area contributed by atoms with Crippen molar-refractivity contribution in [2.45, 2.75) is 38.8 Å². The zero-order valence-corrected chi connectivity index (χ0v) is 15.6. The largest absolute Gasteiger partial charge is 0.490 e. The van der Waals surface area contributed by atoms with Gasteiger partial charge in [0.1, 0.15) is 5.82 Å². The third-order valence-electron chi connectivity index (χ3n) is 3.77. The maximum absolute atomic E-state index is 11.7. The molecule has 160 valence electrons. The number of aliphatic carboxylic acids is 2. The second-order valence-electron chi connectivity index (χ2n) is 6.55. The number of nitrogens with one attached hydrogen (secondary N) is 1. The third-order valence-corrected chi connectivity index (χ3v) is 3.77. The van der Waals surface area contributed by atoms with Crippen LogP contribution in [0.15, 0.2) is 18.3 Å². The maximum atomic E-state index is 11.7. The van der Waals surface area contributed by atoms with E-state index in [1.165, 1.54) is 0 Å². The molecule has 0 fully saturated rings. The average molecular weight is 418 g/mol. The lowest BCUT2D eigenvalue weighted by molar-refractivity contribution is -0.192. The van der Waals surface area contributed by atoms with Crippen LogP contribution in [-0.2, 0) is 16.0 Å². The molecule has 0 aliphatic heterocycles. The smallest absolute Gasteiger partial charge is 0.481 e. The minimum absolute atomic E-state index is 0.250. The molecular weight excluding hydrogens is 397 g/mol. The number of H-pyrrole nitrogens is 1. The van der Waals surface area contributed by atoms with Crippen LogP contribution in [-0.4, -0.2) is 53.9 Å². The van der Waals surface area contributed by atoms with Gasteiger partial charge < -0.3 is 15.9 Å². The molecule has 0 aliphatic carbocycles. The van der Waals surface area contributed by atoms with Crippen molar-refractivity contribution in [2.75, 3.05) is 5.73 Å². The number of nitrogen functional groups attached to an aromatic ring is 1. The zero-order valence-electron chi connectivity index (χ0n) is 15.6. The Labute approximate surface area is 163 Å². The molecule has 2 aromatic rings. The van der Waals surface area contributed by atoms with Crippen molar-refractivity contribution >= 4 is 17.8 Å². The first-order chi connectivity index (χ1) is 13.4. The average Bonchev–Trinajstić information content (AvgIpc) is 3.13. The number of aromatic nitrogens is 5. The van der Waals surface area contributed by atoms with Crippen molar-refractivity contribution in [1.29, 1.82) is 0 Å². The van der Waals surface area contributed by atoms with Gasteiger partial charge in [-0.2, -0.15) is 18.4 Å². The second-order valence-corrected chi connectivity index (χ2v) is 6.55. The number of carboxylic acid groups (broad SMARTS) is 2. The third kappa shape index (κ3) is 8.11. The van der Waals surface area contributed by atoms with Gasteiger partial charge in [0.25, 0.3) is 0 Å². The SMILES string of the molecule is CC(C)C[C@H](C(=O)O)[C@H](Cc1ccc(N)nc1)c1nn[nH]n1.O=C(O)C(F)(F)F. The Kier molecular flexibility index (Phi) is 8.48. The van der Waals surface area contributed by atoms with Gasteiger partial charge >= 0.3 is 18.1 Å². The van der Waals surface area contributed by atoms with E-state index in [4.69, 9.17) is 15.6 Å². The van der Waals surface area contributed by atoms with Crippen LogP contribution in [0.4, 0.5) is 19.0 Å². The lowest BCUT2D eigenvalue weighted by Gasteiger charge is -2.22. The quantitative estimate of drug-likeness (QED) is 0.524. The number of nitrogens with two attached hydrogens (primary N) is 1. The van der Waals surface area contributed by atoms with Crippen LogP contribution in [0.2, 0.25) is 0 Å². The van der Waals surface area contributed by atoms with Crippen molar-refractivity contribution in [1.82, 2.24) is 25.6 Å². The van der Waals surface area contributed by atoms with E-state index in [-0.39, 0.29) is 11.8 Å². The van der Waals surface area contributed by atoms with Gasteiger partial charge in [-0.05, 0) is 30.4 Å². The molecule has 29 heavy (non-hydrogen) atoms. The summed E-state index contributed by atoms with van der Waals surface area (Å²) in [4.78, 5) is 24.6. The number of hydrogen-bond acceptors (Lipinski definition) is 7. The van der Waals surface area contributed by atoms with E-state index in [0.717, 1.165) is 5.56 Å². The zero-order chi connectivity index (χ0) is 22.2. The van der Waals surface area contributed by atoms with Gasteiger partial charge in [0.2, 0.25) is 0 Å². The van der Waals surface area contributed by atoms with Gasteiger partial charge in [-0.1, -0.05) is 25.1 Å². The van der Waals surface area contributed by atoms with E-state index in [9.17, 15) is 23.1 Å². The summed E-state index contributed by atoms with van der Waals surface area (Å²) >= 11 is 0. The summed E-state index contributed by atoms with van der Waals surface area (Å²) in [6, 6.07) is 3.53. The Bertz CT molecular complexity index is 781. The molecule has 10 nitrogen and oxygen atoms in total. The van der Waals surface area contributed by atoms with Crippen molar-refractivity contribution in [3.63, 3.8) is 0 Å². The Morgan fingerprint density at radius 2 is 1.86 bits per heavy atom. The van der Waals surface area contributed by atoms with E-state index in [1.54, 1.807) is 12.3 Å². The van der Waals surface area contributed by atoms with Crippen molar-refractivity contribution < 1.29 is 33.0 Å². The van der Waals surface area contributed by atoms with E-state index >= 15 is 0 Å². The van der Waals surface area contributed by atoms with Crippen LogP contribution in [0.5, 0.6) is 0 Å². The monoisotopic (exact) mass is 418 g/mol. The standard InChI is InChI=1S/C14H20N6O2.C2HF3O2/c1-8(2)5-11(14(21)22)10(13-17-19-20-18-13)6-9-3-4-12(15)16-7-9;3-2(4,5)1(6)7/h3-4,7-8,10-11H,5-6H2,1-2H3,(H2,15,16)(H,21,22)(H,17,18,19,20);(H,6,7)/t10-,11-;/m0./s1. The molecule has 0 aromatic carbocycles. The molecule has 2 aromatic heterocycles. The van der Waals surface area contributed by atoms with Crippen LogP contribution < -0.4 is 5.73 Å². The first kappa shape index (κ1) is 23.8. The predicted octanol–water partition coefficient (Wildman–Crippen LogP) is 1.88. The molecule has 0 unspecified atom stereocenters. The van der Waals surface area contributed by atoms with Crippen LogP contribution in [0, 0.1) is 11.8 Å². The van der Waals surface area contributed by atoms with Crippen molar-refractivity contribution in [2.24, 2.45) is 11.8 Å². The summed E-state index contributed by atoms with van der Waals surface area (Å²) in [7, 11) is 0. The summed E-state index contributed by atoms with van der Waals surface area (Å²) in [6.07, 6.45) is -2.43. The number of carboxylic acids is 2. The van der Waals surface area contributed by atoms with Crippen LogP contribution in [0.25, 0.3) is 0 Å². The number of nitrogens with zero attached hydrogens (tertiary/aromatic N) is 4. The van der Waals surface area contributed by atoms with Crippen LogP contribution in [0.1, 0.15) is 37.6 Å². The number of anilines is 1. The molecule has 2 rings (SSSR count). The molecule has 0 radical (unpaired) electrons. The molecular formula is C16H21F3N6O4. The van der Waals surface area contributed by atoms with E-state index in [0.29, 0.717) is 24.5 Å². The number of hydrogen-bond donors (Lipinski definition) is 4. The Balaban J connectivity index is 0.000000516. The molecule has 2 atom stereocenters. The fraction of sp³-hybridized carbons (Fsp3) is 0.500. The van der Waals surface area contributed by atoms with Gasteiger partial charge in [-0.3, -0.25) is 4.79 Å². The van der Waals surface area contributed by atoms with Crippen molar-refractivity contribution in [3.8, 4) is 0 Å². The lowest BCUT2D eigenvalue weighted by atomic mass is 9.81. The number of aromatic amines is 1. The highest BCUT2D eigenvalue weighted by atomic mass is 19.4. The number of carbonyl (C=O) groups is 2. The highest BCUT2D eigenvalue weighted by Crippen LogP contribution is 2.31. The second kappa shape index (κ2) is 10.3. The summed E-state index contributed by atoms with van der Waals surface area (Å²) in [5, 5.41) is 30.6. The molecule has 0 spiro atoms. The van der Waals surface area contributed by atoms with Gasteiger partial charge in [0.05, 0.1) is 5.92 Å². The number of tetrazole rings is 1. The minimum atomic E-state index is -5.08. The maximum Gasteiger partial charge on any atom is 0.490 e. The van der Waals surface area contributed by atoms with Gasteiger partial charge in [0, 0.05) is 12.1 Å². The number of alkyl halides is 3. The van der Waals surface area contributed by atoms with E-state index in [1.807, 2.05) is 19.9 Å². The molecule has 0 aliphatic rings. The highest BCUT2D eigenvalue weighted by Gasteiger charge is 2.38. The summed E-state index contributed by atoms with van der Waals surface area (Å²) in [6.45, 7) is 3.99. The summed E-state index contributed by atoms with van der Waals surface area (Å²) < 4.78 is 31.7. The first-order valence-electron chi connectivity index (χ1n) is 8.38. The Morgan fingerprint density at radius 3 is 2.24 bits per heavy atom. The highest BCUT2D eigenvalue weighted by molar-refractivity contribution is 5.73. The van der Waals surface area contributed by atoms with Crippen molar-refractivity contribution in [3.05, 3.63) is 29.7 Å². The van der Waals surface area contributed by atoms with Crippen LogP contribution in [0.3, 0.4) is 0 Å². The normalized spacial score (nSPS) is 13.3. The molecule has 0 saturated carbocycles. The van der Waals surface area contributed by atoms with Gasteiger partial charge in [-0.25, -0.2) is 9.78 Å². The minimum Gasteiger partial charge on any atom is -0.481 e. The fourth-order valence-corrected chi connectivity index (χ4v) is 2.50. The first-order valence-corrected chi connectivity index (χ1v) is 8.38. The summed E-state index contributed by atoms with van der Waals surface area (Å²) in [5.41, 5.74) is 6.47.